The second-order valence-electron chi connectivity index (χ2n) is 4.98. The van der Waals surface area contributed by atoms with Crippen molar-refractivity contribution in [2.24, 2.45) is 0 Å². The Kier molecular flexibility index (Phi) is 5.07. The van der Waals surface area contributed by atoms with E-state index in [9.17, 15) is 10.4 Å². The fourth-order valence-electron chi connectivity index (χ4n) is 2.84. The van der Waals surface area contributed by atoms with Crippen molar-refractivity contribution in [1.82, 2.24) is 0 Å². The molecule has 0 radical (unpaired) electrons. The Morgan fingerprint density at radius 1 is 1.32 bits per heavy atom. The van der Waals surface area contributed by atoms with Crippen molar-refractivity contribution in [2.75, 3.05) is 18.1 Å². The van der Waals surface area contributed by atoms with Crippen LogP contribution in [0.5, 0.6) is 0 Å². The Labute approximate surface area is 119 Å². The lowest BCUT2D eigenvalue weighted by atomic mass is 9.93. The number of hydrogen-bond acceptors (Lipinski definition) is 3. The minimum Gasteiger partial charge on any atom is -0.395 e. The molecule has 1 aromatic rings. The van der Waals surface area contributed by atoms with Gasteiger partial charge in [-0.2, -0.15) is 5.26 Å². The molecule has 102 valence electrons. The number of nitrogens with zero attached hydrogens (tertiary/aromatic N) is 2. The fraction of sp³-hybridized carbons (Fsp3) is 0.533. The average Bonchev–Trinajstić information content (AvgIpc) is 2.45. The molecule has 0 aliphatic heterocycles. The van der Waals surface area contributed by atoms with Crippen LogP contribution in [0.1, 0.15) is 37.7 Å². The van der Waals surface area contributed by atoms with E-state index in [1.807, 2.05) is 6.07 Å². The Morgan fingerprint density at radius 2 is 2.05 bits per heavy atom. The first-order valence-corrected chi connectivity index (χ1v) is 7.21. The number of nitriles is 1. The topological polar surface area (TPSA) is 47.3 Å². The molecule has 4 heteroatoms. The van der Waals surface area contributed by atoms with Gasteiger partial charge in [-0.15, -0.1) is 0 Å². The first kappa shape index (κ1) is 14.2. The molecule has 1 N–H and O–H groups in total. The standard InChI is InChI=1S/C15H19ClN2O/c16-13-7-6-12(11-17)15(10-13)18(8-9-19)14-4-2-1-3-5-14/h6-7,10,14,19H,1-5,8-9H2. The molecule has 1 aliphatic rings. The van der Waals surface area contributed by atoms with Gasteiger partial charge in [0.25, 0.3) is 0 Å². The van der Waals surface area contributed by atoms with Crippen LogP contribution in [0.3, 0.4) is 0 Å². The summed E-state index contributed by atoms with van der Waals surface area (Å²) in [6, 6.07) is 7.96. The van der Waals surface area contributed by atoms with Crippen LogP contribution in [-0.2, 0) is 0 Å². The molecule has 0 bridgehead atoms. The maximum absolute atomic E-state index is 9.30. The van der Waals surface area contributed by atoms with Crippen molar-refractivity contribution in [1.29, 1.82) is 5.26 Å². The van der Waals surface area contributed by atoms with Gasteiger partial charge in [-0.05, 0) is 31.0 Å². The summed E-state index contributed by atoms with van der Waals surface area (Å²) in [5, 5.41) is 19.2. The molecule has 1 aliphatic carbocycles. The van der Waals surface area contributed by atoms with Gasteiger partial charge >= 0.3 is 0 Å². The van der Waals surface area contributed by atoms with Gasteiger partial charge in [0.2, 0.25) is 0 Å². The van der Waals surface area contributed by atoms with E-state index < -0.39 is 0 Å². The number of halogens is 1. The molecule has 0 atom stereocenters. The first-order valence-electron chi connectivity index (χ1n) is 6.83. The Balaban J connectivity index is 2.32. The third kappa shape index (κ3) is 3.40. The number of aliphatic hydroxyl groups excluding tert-OH is 1. The summed E-state index contributed by atoms with van der Waals surface area (Å²) in [6.45, 7) is 0.646. The molecular formula is C15H19ClN2O. The lowest BCUT2D eigenvalue weighted by Gasteiger charge is -2.36. The third-order valence-electron chi connectivity index (χ3n) is 3.75. The van der Waals surface area contributed by atoms with E-state index in [4.69, 9.17) is 11.6 Å². The molecule has 2 rings (SSSR count). The number of rotatable bonds is 4. The zero-order chi connectivity index (χ0) is 13.7. The van der Waals surface area contributed by atoms with E-state index in [0.29, 0.717) is 23.2 Å². The van der Waals surface area contributed by atoms with Gasteiger partial charge in [0.05, 0.1) is 17.9 Å². The Hall–Kier alpha value is -1.24. The van der Waals surface area contributed by atoms with Crippen molar-refractivity contribution in [3.63, 3.8) is 0 Å². The summed E-state index contributed by atoms with van der Waals surface area (Å²) in [5.74, 6) is 0. The molecule has 0 saturated heterocycles. The van der Waals surface area contributed by atoms with Crippen LogP contribution in [0.2, 0.25) is 5.02 Å². The summed E-state index contributed by atoms with van der Waals surface area (Å²) in [5.41, 5.74) is 1.49. The molecule has 1 fully saturated rings. The zero-order valence-corrected chi connectivity index (χ0v) is 11.7. The highest BCUT2D eigenvalue weighted by molar-refractivity contribution is 6.30. The van der Waals surface area contributed by atoms with Gasteiger partial charge in [-0.3, -0.25) is 0 Å². The minimum atomic E-state index is 0.0912. The predicted octanol–water partition coefficient (Wildman–Crippen LogP) is 3.34. The van der Waals surface area contributed by atoms with Gasteiger partial charge in [-0.1, -0.05) is 30.9 Å². The smallest absolute Gasteiger partial charge is 0.101 e. The monoisotopic (exact) mass is 278 g/mol. The lowest BCUT2D eigenvalue weighted by molar-refractivity contribution is 0.290. The Bertz CT molecular complexity index is 464. The van der Waals surface area contributed by atoms with Crippen LogP contribution < -0.4 is 4.90 Å². The van der Waals surface area contributed by atoms with Crippen LogP contribution in [0.15, 0.2) is 18.2 Å². The molecule has 0 aromatic heterocycles. The van der Waals surface area contributed by atoms with E-state index in [2.05, 4.69) is 11.0 Å². The molecule has 3 nitrogen and oxygen atoms in total. The minimum absolute atomic E-state index is 0.0912. The highest BCUT2D eigenvalue weighted by atomic mass is 35.5. The van der Waals surface area contributed by atoms with Crippen LogP contribution in [0, 0.1) is 11.3 Å². The second kappa shape index (κ2) is 6.79. The molecule has 0 spiro atoms. The molecule has 1 saturated carbocycles. The van der Waals surface area contributed by atoms with Crippen LogP contribution >= 0.6 is 11.6 Å². The molecular weight excluding hydrogens is 260 g/mol. The highest BCUT2D eigenvalue weighted by Crippen LogP contribution is 2.31. The fourth-order valence-corrected chi connectivity index (χ4v) is 3.00. The van der Waals surface area contributed by atoms with Crippen molar-refractivity contribution in [2.45, 2.75) is 38.1 Å². The number of benzene rings is 1. The summed E-state index contributed by atoms with van der Waals surface area (Å²) in [6.07, 6.45) is 5.96. The van der Waals surface area contributed by atoms with Gasteiger partial charge in [0, 0.05) is 17.6 Å². The van der Waals surface area contributed by atoms with Crippen molar-refractivity contribution < 1.29 is 5.11 Å². The van der Waals surface area contributed by atoms with Crippen molar-refractivity contribution in [3.05, 3.63) is 28.8 Å². The second-order valence-corrected chi connectivity index (χ2v) is 5.42. The summed E-state index contributed by atoms with van der Waals surface area (Å²) < 4.78 is 0. The molecule has 1 aromatic carbocycles. The van der Waals surface area contributed by atoms with Gasteiger partial charge in [0.1, 0.15) is 6.07 Å². The quantitative estimate of drug-likeness (QED) is 0.919. The van der Waals surface area contributed by atoms with Crippen LogP contribution in [0.25, 0.3) is 0 Å². The lowest BCUT2D eigenvalue weighted by Crippen LogP contribution is -2.39. The molecule has 0 heterocycles. The van der Waals surface area contributed by atoms with E-state index >= 15 is 0 Å². The number of aliphatic hydroxyl groups is 1. The van der Waals surface area contributed by atoms with Crippen molar-refractivity contribution >= 4 is 17.3 Å². The summed E-state index contributed by atoms with van der Waals surface area (Å²) in [4.78, 5) is 2.16. The normalized spacial score (nSPS) is 16.1. The number of anilines is 1. The van der Waals surface area contributed by atoms with E-state index in [-0.39, 0.29) is 6.61 Å². The van der Waals surface area contributed by atoms with Crippen LogP contribution in [0.4, 0.5) is 5.69 Å². The summed E-state index contributed by atoms with van der Waals surface area (Å²) >= 11 is 6.06. The zero-order valence-electron chi connectivity index (χ0n) is 11.0. The van der Waals surface area contributed by atoms with E-state index in [1.54, 1.807) is 12.1 Å². The molecule has 0 amide bonds. The maximum atomic E-state index is 9.30. The van der Waals surface area contributed by atoms with Gasteiger partial charge < -0.3 is 10.0 Å². The predicted molar refractivity (Wildman–Crippen MR) is 77.5 cm³/mol. The highest BCUT2D eigenvalue weighted by Gasteiger charge is 2.23. The molecule has 19 heavy (non-hydrogen) atoms. The third-order valence-corrected chi connectivity index (χ3v) is 3.98. The van der Waals surface area contributed by atoms with Gasteiger partial charge in [-0.25, -0.2) is 0 Å². The van der Waals surface area contributed by atoms with Gasteiger partial charge in [0.15, 0.2) is 0 Å². The summed E-state index contributed by atoms with van der Waals surface area (Å²) in [7, 11) is 0. The number of hydrogen-bond donors (Lipinski definition) is 1. The Morgan fingerprint density at radius 3 is 2.68 bits per heavy atom. The first-order chi connectivity index (χ1) is 9.26. The maximum Gasteiger partial charge on any atom is 0.101 e. The largest absolute Gasteiger partial charge is 0.395 e. The van der Waals surface area contributed by atoms with E-state index in [0.717, 1.165) is 18.5 Å². The molecule has 0 unspecified atom stereocenters. The van der Waals surface area contributed by atoms with E-state index in [1.165, 1.54) is 19.3 Å². The van der Waals surface area contributed by atoms with Crippen LogP contribution in [-0.4, -0.2) is 24.3 Å². The SMILES string of the molecule is N#Cc1ccc(Cl)cc1N(CCO)C1CCCCC1. The average molecular weight is 279 g/mol. The van der Waals surface area contributed by atoms with Crippen molar-refractivity contribution in [3.8, 4) is 6.07 Å².